The zero-order valence-electron chi connectivity index (χ0n) is 21.5. The van der Waals surface area contributed by atoms with E-state index in [1.54, 1.807) is 18.9 Å². The molecular formula is C31H33N3O2S. The van der Waals surface area contributed by atoms with Crippen LogP contribution >= 0.6 is 11.8 Å². The highest BCUT2D eigenvalue weighted by molar-refractivity contribution is 7.99. The second-order valence-electron chi connectivity index (χ2n) is 9.66. The van der Waals surface area contributed by atoms with E-state index in [1.807, 2.05) is 44.2 Å². The summed E-state index contributed by atoms with van der Waals surface area (Å²) in [6, 6.07) is 25.3. The van der Waals surface area contributed by atoms with E-state index in [1.165, 1.54) is 16.7 Å². The lowest BCUT2D eigenvalue weighted by Crippen LogP contribution is -2.29. The number of carbonyl (C=O) groups is 1. The van der Waals surface area contributed by atoms with Gasteiger partial charge in [0, 0.05) is 17.4 Å². The number of hydrogen-bond acceptors (Lipinski definition) is 5. The molecule has 0 bridgehead atoms. The van der Waals surface area contributed by atoms with E-state index < -0.39 is 0 Å². The molecule has 5 rings (SSSR count). The Morgan fingerprint density at radius 1 is 1.14 bits per heavy atom. The molecule has 2 N–H and O–H groups in total. The van der Waals surface area contributed by atoms with Gasteiger partial charge in [0.15, 0.2) is 0 Å². The molecule has 4 atom stereocenters. The lowest BCUT2D eigenvalue weighted by molar-refractivity contribution is -0.120. The van der Waals surface area contributed by atoms with Gasteiger partial charge in [-0.15, -0.1) is 11.8 Å². The molecule has 0 saturated carbocycles. The summed E-state index contributed by atoms with van der Waals surface area (Å²) in [5.74, 6) is 2.39. The highest BCUT2D eigenvalue weighted by Gasteiger charge is 2.38. The second-order valence-corrected chi connectivity index (χ2v) is 11.0. The van der Waals surface area contributed by atoms with Gasteiger partial charge >= 0.3 is 0 Å². The Morgan fingerprint density at radius 3 is 2.68 bits per heavy atom. The SMILES string of the molecule is COc1ccc([C@@H]2Nc3ccc(/C(C)=N\NC(=O)[C@H](C)SCc4ccccc4)cc3[C@@H]3C=CC[C@@H]32)cc1. The van der Waals surface area contributed by atoms with Crippen LogP contribution in [0, 0.1) is 5.92 Å². The Kier molecular flexibility index (Phi) is 7.65. The second kappa shape index (κ2) is 11.3. The molecule has 3 aromatic rings. The maximum Gasteiger partial charge on any atom is 0.252 e. The number of methoxy groups -OCH3 is 1. The highest BCUT2D eigenvalue weighted by Crippen LogP contribution is 2.50. The van der Waals surface area contributed by atoms with Gasteiger partial charge in [0.2, 0.25) is 0 Å². The molecule has 0 saturated heterocycles. The van der Waals surface area contributed by atoms with E-state index in [-0.39, 0.29) is 17.2 Å². The van der Waals surface area contributed by atoms with Gasteiger partial charge in [0.05, 0.1) is 24.1 Å². The number of hydrogen-bond donors (Lipinski definition) is 2. The van der Waals surface area contributed by atoms with Gasteiger partial charge in [0.25, 0.3) is 5.91 Å². The molecule has 6 heteroatoms. The van der Waals surface area contributed by atoms with Gasteiger partial charge in [-0.3, -0.25) is 4.79 Å². The summed E-state index contributed by atoms with van der Waals surface area (Å²) in [5.41, 5.74) is 9.51. The third-order valence-electron chi connectivity index (χ3n) is 7.30. The Labute approximate surface area is 223 Å². The first-order valence-corrected chi connectivity index (χ1v) is 13.8. The zero-order valence-corrected chi connectivity index (χ0v) is 22.3. The van der Waals surface area contributed by atoms with Crippen LogP contribution in [0.3, 0.4) is 0 Å². The lowest BCUT2D eigenvalue weighted by atomic mass is 9.76. The molecular weight excluding hydrogens is 478 g/mol. The van der Waals surface area contributed by atoms with Gasteiger partial charge in [-0.2, -0.15) is 5.10 Å². The van der Waals surface area contributed by atoms with Crippen LogP contribution in [0.15, 0.2) is 90.0 Å². The molecule has 0 aromatic heterocycles. The van der Waals surface area contributed by atoms with Crippen LogP contribution in [-0.2, 0) is 10.5 Å². The summed E-state index contributed by atoms with van der Waals surface area (Å²) in [6.07, 6.45) is 5.68. The topological polar surface area (TPSA) is 62.7 Å². The van der Waals surface area contributed by atoms with Gasteiger partial charge in [-0.05, 0) is 72.7 Å². The molecule has 0 fully saturated rings. The fourth-order valence-electron chi connectivity index (χ4n) is 5.13. The van der Waals surface area contributed by atoms with Gasteiger partial charge in [-0.1, -0.05) is 60.7 Å². The van der Waals surface area contributed by atoms with Crippen LogP contribution in [-0.4, -0.2) is 24.0 Å². The largest absolute Gasteiger partial charge is 0.497 e. The van der Waals surface area contributed by atoms with E-state index in [2.05, 4.69) is 70.5 Å². The molecule has 0 spiro atoms. The highest BCUT2D eigenvalue weighted by atomic mass is 32.2. The van der Waals surface area contributed by atoms with Crippen molar-refractivity contribution in [3.8, 4) is 5.75 Å². The number of fused-ring (bicyclic) bond motifs is 3. The number of allylic oxidation sites excluding steroid dienone is 2. The molecule has 1 aliphatic heterocycles. The summed E-state index contributed by atoms with van der Waals surface area (Å²) in [5, 5.41) is 8.03. The number of hydrazone groups is 1. The summed E-state index contributed by atoms with van der Waals surface area (Å²) in [4.78, 5) is 12.6. The molecule has 0 radical (unpaired) electrons. The summed E-state index contributed by atoms with van der Waals surface area (Å²) in [7, 11) is 1.70. The lowest BCUT2D eigenvalue weighted by Gasteiger charge is -2.37. The van der Waals surface area contributed by atoms with E-state index in [0.717, 1.165) is 34.9 Å². The Bertz CT molecular complexity index is 1300. The minimum Gasteiger partial charge on any atom is -0.497 e. The van der Waals surface area contributed by atoms with Crippen molar-refractivity contribution in [2.24, 2.45) is 11.0 Å². The fourth-order valence-corrected chi connectivity index (χ4v) is 5.97. The molecule has 190 valence electrons. The summed E-state index contributed by atoms with van der Waals surface area (Å²) in [6.45, 7) is 3.87. The van der Waals surface area contributed by atoms with Crippen LogP contribution < -0.4 is 15.5 Å². The average Bonchev–Trinajstić information content (AvgIpc) is 3.45. The monoisotopic (exact) mass is 511 g/mol. The maximum absolute atomic E-state index is 12.6. The van der Waals surface area contributed by atoms with Crippen LogP contribution in [0.4, 0.5) is 5.69 Å². The van der Waals surface area contributed by atoms with Crippen molar-refractivity contribution in [1.29, 1.82) is 0 Å². The quantitative estimate of drug-likeness (QED) is 0.201. The fraction of sp³-hybridized carbons (Fsp3) is 0.290. The third kappa shape index (κ3) is 5.59. The van der Waals surface area contributed by atoms with Gasteiger partial charge < -0.3 is 10.1 Å². The molecule has 1 aliphatic carbocycles. The molecule has 3 aromatic carbocycles. The molecule has 2 aliphatic rings. The van der Waals surface area contributed by atoms with Gasteiger partial charge in [0.1, 0.15) is 5.75 Å². The van der Waals surface area contributed by atoms with Crippen LogP contribution in [0.2, 0.25) is 0 Å². The van der Waals surface area contributed by atoms with E-state index in [9.17, 15) is 4.79 Å². The predicted octanol–water partition coefficient (Wildman–Crippen LogP) is 6.68. The van der Waals surface area contributed by atoms with Gasteiger partial charge in [-0.25, -0.2) is 5.43 Å². The number of amides is 1. The number of nitrogens with one attached hydrogen (secondary N) is 2. The number of ether oxygens (including phenoxy) is 1. The molecule has 1 amide bonds. The number of benzene rings is 3. The van der Waals surface area contributed by atoms with E-state index in [4.69, 9.17) is 4.74 Å². The molecule has 0 unspecified atom stereocenters. The van der Waals surface area contributed by atoms with Crippen molar-refractivity contribution < 1.29 is 9.53 Å². The molecule has 37 heavy (non-hydrogen) atoms. The van der Waals surface area contributed by atoms with Crippen LogP contribution in [0.5, 0.6) is 5.75 Å². The predicted molar refractivity (Wildman–Crippen MR) is 153 cm³/mol. The van der Waals surface area contributed by atoms with Crippen molar-refractivity contribution in [3.05, 3.63) is 107 Å². The normalized spacial score (nSPS) is 20.9. The van der Waals surface area contributed by atoms with Crippen molar-refractivity contribution in [3.63, 3.8) is 0 Å². The first-order chi connectivity index (χ1) is 18.0. The summed E-state index contributed by atoms with van der Waals surface area (Å²) >= 11 is 1.61. The number of thioether (sulfide) groups is 1. The standard InChI is InChI=1S/C31H33N3O2S/c1-20(33-34-31(35)21(2)37-19-22-8-5-4-6-9-22)24-14-17-29-28(18-24)26-10-7-11-27(26)30(32-29)23-12-15-25(36-3)16-13-23/h4-10,12-18,21,26-27,30,32H,11,19H2,1-3H3,(H,34,35)/b33-20-/t21-,26+,27-,30-/m0/s1. The van der Waals surface area contributed by atoms with Crippen molar-refractivity contribution >= 4 is 29.1 Å². The van der Waals surface area contributed by atoms with Crippen molar-refractivity contribution in [2.75, 3.05) is 12.4 Å². The first-order valence-electron chi connectivity index (χ1n) is 12.7. The van der Waals surface area contributed by atoms with Crippen LogP contribution in [0.1, 0.15) is 54.5 Å². The Balaban J connectivity index is 1.27. The van der Waals surface area contributed by atoms with E-state index >= 15 is 0 Å². The number of rotatable bonds is 8. The molecule has 5 nitrogen and oxygen atoms in total. The minimum atomic E-state index is -0.191. The number of anilines is 1. The van der Waals surface area contributed by atoms with E-state index in [0.29, 0.717) is 11.8 Å². The number of carbonyl (C=O) groups excluding carboxylic acids is 1. The zero-order chi connectivity index (χ0) is 25.8. The first kappa shape index (κ1) is 25.2. The van der Waals surface area contributed by atoms with Crippen molar-refractivity contribution in [1.82, 2.24) is 5.43 Å². The maximum atomic E-state index is 12.6. The minimum absolute atomic E-state index is 0.0824. The summed E-state index contributed by atoms with van der Waals surface area (Å²) < 4.78 is 5.34. The average molecular weight is 512 g/mol. The smallest absolute Gasteiger partial charge is 0.252 e. The Morgan fingerprint density at radius 2 is 1.92 bits per heavy atom. The number of nitrogens with zero attached hydrogens (tertiary/aromatic N) is 1. The van der Waals surface area contributed by atoms with Crippen LogP contribution in [0.25, 0.3) is 0 Å². The Hall–Kier alpha value is -3.51. The van der Waals surface area contributed by atoms with Crippen molar-refractivity contribution in [2.45, 2.75) is 43.2 Å². The molecule has 1 heterocycles. The third-order valence-corrected chi connectivity index (χ3v) is 8.52.